The fourth-order valence-electron chi connectivity index (χ4n) is 4.95. The first kappa shape index (κ1) is 20.7. The van der Waals surface area contributed by atoms with Crippen LogP contribution in [0.25, 0.3) is 0 Å². The fraction of sp³-hybridized carbons (Fsp3) is 0.250. The van der Waals surface area contributed by atoms with Gasteiger partial charge in [0.05, 0.1) is 21.2 Å². The van der Waals surface area contributed by atoms with Crippen LogP contribution in [0.4, 0.5) is 11.4 Å². The number of nitro benzene ring substituents is 1. The molecule has 0 amide bonds. The number of benzene rings is 3. The number of anilines is 1. The van der Waals surface area contributed by atoms with Crippen LogP contribution in [0.15, 0.2) is 77.7 Å². The van der Waals surface area contributed by atoms with Crippen molar-refractivity contribution in [3.05, 3.63) is 99.1 Å². The van der Waals surface area contributed by atoms with Gasteiger partial charge >= 0.3 is 0 Å². The Labute approximate surface area is 195 Å². The summed E-state index contributed by atoms with van der Waals surface area (Å²) in [5, 5.41) is 15.8. The number of para-hydroxylation sites is 1. The lowest BCUT2D eigenvalue weighted by atomic mass is 9.77. The van der Waals surface area contributed by atoms with E-state index in [1.807, 2.05) is 36.4 Å². The van der Waals surface area contributed by atoms with Gasteiger partial charge in [-0.15, -0.1) is 23.4 Å². The number of rotatable bonds is 4. The van der Waals surface area contributed by atoms with Crippen LogP contribution >= 0.6 is 35.0 Å². The molecule has 2 aliphatic rings. The van der Waals surface area contributed by atoms with Gasteiger partial charge in [0, 0.05) is 27.9 Å². The lowest BCUT2D eigenvalue weighted by molar-refractivity contribution is -0.387. The highest BCUT2D eigenvalue weighted by molar-refractivity contribution is 8.00. The zero-order valence-electron chi connectivity index (χ0n) is 16.4. The summed E-state index contributed by atoms with van der Waals surface area (Å²) in [6.07, 6.45) is 0.855. The van der Waals surface area contributed by atoms with E-state index in [9.17, 15) is 10.1 Å². The molecule has 1 aliphatic carbocycles. The Morgan fingerprint density at radius 1 is 1.03 bits per heavy atom. The predicted octanol–water partition coefficient (Wildman–Crippen LogP) is 7.29. The number of alkyl halides is 1. The summed E-state index contributed by atoms with van der Waals surface area (Å²) in [7, 11) is 0. The van der Waals surface area contributed by atoms with Crippen molar-refractivity contribution in [2.45, 2.75) is 33.9 Å². The SMILES string of the molecule is O=[N+]([O-])c1ccccc1S[C@@H]1C[C@H]2[C@H](c3cc(Cl)ccc3N[C@H]2c2ccccc2)[C@@H]1Cl. The van der Waals surface area contributed by atoms with Crippen molar-refractivity contribution in [3.8, 4) is 0 Å². The molecule has 0 radical (unpaired) electrons. The van der Waals surface area contributed by atoms with Crippen LogP contribution in [0.2, 0.25) is 5.02 Å². The van der Waals surface area contributed by atoms with Gasteiger partial charge in [0.15, 0.2) is 0 Å². The number of nitro groups is 1. The molecule has 4 nitrogen and oxygen atoms in total. The number of thioether (sulfide) groups is 1. The maximum Gasteiger partial charge on any atom is 0.282 e. The Hall–Kier alpha value is -2.21. The van der Waals surface area contributed by atoms with Crippen LogP contribution in [0.3, 0.4) is 0 Å². The van der Waals surface area contributed by atoms with Crippen molar-refractivity contribution in [2.24, 2.45) is 5.92 Å². The normalized spacial score (nSPS) is 26.6. The Kier molecular flexibility index (Phi) is 5.59. The van der Waals surface area contributed by atoms with Crippen molar-refractivity contribution in [3.63, 3.8) is 0 Å². The molecule has 31 heavy (non-hydrogen) atoms. The van der Waals surface area contributed by atoms with E-state index in [4.69, 9.17) is 23.2 Å². The van der Waals surface area contributed by atoms with Gasteiger partial charge in [-0.3, -0.25) is 10.1 Å². The minimum Gasteiger partial charge on any atom is -0.378 e. The number of nitrogens with one attached hydrogen (secondary N) is 1. The van der Waals surface area contributed by atoms with Gasteiger partial charge in [-0.05, 0) is 47.7 Å². The van der Waals surface area contributed by atoms with E-state index in [0.717, 1.165) is 17.7 Å². The van der Waals surface area contributed by atoms with Crippen LogP contribution in [0, 0.1) is 16.0 Å². The largest absolute Gasteiger partial charge is 0.378 e. The Bertz CT molecular complexity index is 1130. The second kappa shape index (κ2) is 8.38. The predicted molar refractivity (Wildman–Crippen MR) is 127 cm³/mol. The fourth-order valence-corrected chi connectivity index (χ4v) is 7.07. The van der Waals surface area contributed by atoms with Crippen LogP contribution in [0.1, 0.15) is 29.5 Å². The maximum absolute atomic E-state index is 11.5. The molecule has 3 aromatic rings. The van der Waals surface area contributed by atoms with E-state index in [1.165, 1.54) is 17.3 Å². The first-order valence-corrected chi connectivity index (χ1v) is 11.9. The molecule has 1 aliphatic heterocycles. The molecule has 0 saturated heterocycles. The molecule has 0 aromatic heterocycles. The van der Waals surface area contributed by atoms with Crippen LogP contribution in [0.5, 0.6) is 0 Å². The first-order valence-electron chi connectivity index (χ1n) is 10.2. The number of hydrogen-bond acceptors (Lipinski definition) is 4. The number of halogens is 2. The highest BCUT2D eigenvalue weighted by Crippen LogP contribution is 2.58. The summed E-state index contributed by atoms with van der Waals surface area (Å²) < 4.78 is 0. The van der Waals surface area contributed by atoms with E-state index in [0.29, 0.717) is 9.92 Å². The number of hydrogen-bond donors (Lipinski definition) is 1. The minimum atomic E-state index is -0.322. The smallest absolute Gasteiger partial charge is 0.282 e. The third-order valence-electron chi connectivity index (χ3n) is 6.27. The van der Waals surface area contributed by atoms with Gasteiger partial charge in [-0.25, -0.2) is 0 Å². The molecule has 7 heteroatoms. The number of nitrogens with zero attached hydrogens (tertiary/aromatic N) is 1. The Balaban J connectivity index is 1.53. The molecule has 158 valence electrons. The minimum absolute atomic E-state index is 0.0516. The van der Waals surface area contributed by atoms with Gasteiger partial charge < -0.3 is 5.32 Å². The van der Waals surface area contributed by atoms with Crippen molar-refractivity contribution in [1.82, 2.24) is 0 Å². The zero-order chi connectivity index (χ0) is 21.5. The molecular weight excluding hydrogens is 451 g/mol. The summed E-state index contributed by atoms with van der Waals surface area (Å²) in [6, 6.07) is 23.4. The van der Waals surface area contributed by atoms with Crippen LogP contribution in [-0.4, -0.2) is 15.6 Å². The lowest BCUT2D eigenvalue weighted by Crippen LogP contribution is -2.31. The first-order chi connectivity index (χ1) is 15.0. The maximum atomic E-state index is 11.5. The summed E-state index contributed by atoms with van der Waals surface area (Å²) in [5.41, 5.74) is 3.54. The third-order valence-corrected chi connectivity index (χ3v) is 8.62. The molecule has 5 rings (SSSR count). The van der Waals surface area contributed by atoms with Crippen molar-refractivity contribution in [2.75, 3.05) is 5.32 Å². The molecule has 0 unspecified atom stereocenters. The van der Waals surface area contributed by atoms with Gasteiger partial charge in [0.25, 0.3) is 5.69 Å². The summed E-state index contributed by atoms with van der Waals surface area (Å²) >= 11 is 15.0. The molecule has 1 N–H and O–H groups in total. The standard InChI is InChI=1S/C24H20Cl2N2O2S/c25-15-10-11-18-16(12-15)22-17(24(27-18)14-6-2-1-3-7-14)13-21(23(22)26)31-20-9-5-4-8-19(20)28(29)30/h1-12,17,21-24,27H,13H2/t17-,21+,22-,23+,24-/m0/s1. The summed E-state index contributed by atoms with van der Waals surface area (Å²) in [6.45, 7) is 0. The average Bonchev–Trinajstić information content (AvgIpc) is 3.10. The summed E-state index contributed by atoms with van der Waals surface area (Å²) in [4.78, 5) is 11.8. The number of fused-ring (bicyclic) bond motifs is 3. The van der Waals surface area contributed by atoms with E-state index in [1.54, 1.807) is 12.1 Å². The van der Waals surface area contributed by atoms with E-state index in [-0.39, 0.29) is 39.1 Å². The zero-order valence-corrected chi connectivity index (χ0v) is 18.8. The quantitative estimate of drug-likeness (QED) is 0.247. The van der Waals surface area contributed by atoms with Gasteiger partial charge in [0.1, 0.15) is 0 Å². The lowest BCUT2D eigenvalue weighted by Gasteiger charge is -2.38. The highest BCUT2D eigenvalue weighted by atomic mass is 35.5. The molecule has 1 saturated carbocycles. The molecule has 1 fully saturated rings. The topological polar surface area (TPSA) is 55.2 Å². The van der Waals surface area contributed by atoms with Crippen LogP contribution < -0.4 is 5.32 Å². The molecule has 0 bridgehead atoms. The Morgan fingerprint density at radius 3 is 2.55 bits per heavy atom. The molecule has 0 spiro atoms. The molecular formula is C24H20Cl2N2O2S. The van der Waals surface area contributed by atoms with E-state index < -0.39 is 0 Å². The van der Waals surface area contributed by atoms with Crippen molar-refractivity contribution >= 4 is 46.3 Å². The molecule has 3 aromatic carbocycles. The second-order valence-electron chi connectivity index (χ2n) is 8.02. The van der Waals surface area contributed by atoms with Gasteiger partial charge in [-0.2, -0.15) is 0 Å². The summed E-state index contributed by atoms with van der Waals surface area (Å²) in [5.74, 6) is 0.373. The molecule has 1 heterocycles. The van der Waals surface area contributed by atoms with E-state index >= 15 is 0 Å². The highest BCUT2D eigenvalue weighted by Gasteiger charge is 2.50. The third kappa shape index (κ3) is 3.79. The average molecular weight is 471 g/mol. The van der Waals surface area contributed by atoms with E-state index in [2.05, 4.69) is 29.6 Å². The Morgan fingerprint density at radius 2 is 1.77 bits per heavy atom. The van der Waals surface area contributed by atoms with Gasteiger partial charge in [-0.1, -0.05) is 54.1 Å². The van der Waals surface area contributed by atoms with Gasteiger partial charge in [0.2, 0.25) is 0 Å². The van der Waals surface area contributed by atoms with Crippen molar-refractivity contribution < 1.29 is 4.92 Å². The van der Waals surface area contributed by atoms with Crippen LogP contribution in [-0.2, 0) is 0 Å². The molecule has 5 atom stereocenters. The van der Waals surface area contributed by atoms with Crippen molar-refractivity contribution in [1.29, 1.82) is 0 Å². The second-order valence-corrected chi connectivity index (χ2v) is 10.2. The monoisotopic (exact) mass is 470 g/mol.